The van der Waals surface area contributed by atoms with E-state index in [0.29, 0.717) is 4.70 Å². The van der Waals surface area contributed by atoms with Crippen molar-refractivity contribution >= 4 is 82.6 Å². The Morgan fingerprint density at radius 3 is 2.03 bits per heavy atom. The molecule has 0 radical (unpaired) electrons. The fourth-order valence-corrected chi connectivity index (χ4v) is 4.45. The standard InChI is InChI=1S/C17H21FN2O5S.C7H5FN2OS.BrH/c1-16(2,3)24-14(21)20-13-19-11-10(8-7-9(18)12(11)26-13)23-15(22)25-17(4,5)6;8-3-1-2-4(11)5-6(3)12-7(9)10-5;/h7-8H,1-6H3,(H,19,20,21);1-2,11H,(H2,9,10);1H. The summed E-state index contributed by atoms with van der Waals surface area (Å²) in [6.45, 7) is 10.2. The molecule has 0 aliphatic heterocycles. The topological polar surface area (TPSA) is 146 Å². The molecule has 4 N–H and O–H groups in total. The van der Waals surface area contributed by atoms with Gasteiger partial charge in [-0.05, 0) is 65.8 Å². The van der Waals surface area contributed by atoms with Crippen molar-refractivity contribution in [3.63, 3.8) is 0 Å². The number of phenols is 1. The van der Waals surface area contributed by atoms with E-state index in [-0.39, 0.29) is 54.5 Å². The first-order valence-corrected chi connectivity index (χ1v) is 12.7. The Labute approximate surface area is 240 Å². The number of fused-ring (bicyclic) bond motifs is 2. The molecule has 15 heteroatoms. The van der Waals surface area contributed by atoms with Crippen molar-refractivity contribution in [2.75, 3.05) is 11.1 Å². The van der Waals surface area contributed by atoms with Crippen molar-refractivity contribution in [3.8, 4) is 11.5 Å². The lowest BCUT2D eigenvalue weighted by Crippen LogP contribution is -2.27. The average Bonchev–Trinajstić information content (AvgIpc) is 3.35. The molecule has 212 valence electrons. The minimum atomic E-state index is -0.931. The second-order valence-electron chi connectivity index (χ2n) is 9.73. The number of aromatic nitrogens is 2. The quantitative estimate of drug-likeness (QED) is 0.149. The molecule has 0 saturated carbocycles. The van der Waals surface area contributed by atoms with E-state index in [1.54, 1.807) is 41.5 Å². The molecule has 2 heterocycles. The van der Waals surface area contributed by atoms with E-state index in [1.807, 2.05) is 0 Å². The second-order valence-corrected chi connectivity index (χ2v) is 11.8. The number of rotatable bonds is 2. The van der Waals surface area contributed by atoms with E-state index >= 15 is 0 Å². The maximum absolute atomic E-state index is 14.1. The lowest BCUT2D eigenvalue weighted by atomic mass is 10.2. The number of carbonyl (C=O) groups is 2. The number of aromatic hydroxyl groups is 1. The molecule has 4 rings (SSSR count). The summed E-state index contributed by atoms with van der Waals surface area (Å²) in [5.41, 5.74) is 4.28. The summed E-state index contributed by atoms with van der Waals surface area (Å²) in [7, 11) is 0. The molecule has 4 aromatic rings. The van der Waals surface area contributed by atoms with Gasteiger partial charge in [0.2, 0.25) is 0 Å². The Hall–Kier alpha value is -3.30. The molecule has 0 saturated heterocycles. The van der Waals surface area contributed by atoms with Crippen molar-refractivity contribution in [3.05, 3.63) is 35.9 Å². The lowest BCUT2D eigenvalue weighted by molar-refractivity contribution is 0.0208. The molecule has 2 aromatic heterocycles. The molecule has 0 unspecified atom stereocenters. The molecule has 1 amide bonds. The molecule has 39 heavy (non-hydrogen) atoms. The van der Waals surface area contributed by atoms with Crippen LogP contribution in [0.15, 0.2) is 24.3 Å². The third-order valence-electron chi connectivity index (χ3n) is 4.14. The maximum Gasteiger partial charge on any atom is 0.514 e. The number of carbonyl (C=O) groups excluding carboxylic acids is 2. The summed E-state index contributed by atoms with van der Waals surface area (Å²) in [6, 6.07) is 4.88. The first kappa shape index (κ1) is 31.9. The smallest absolute Gasteiger partial charge is 0.506 e. The first-order chi connectivity index (χ1) is 17.5. The third-order valence-corrected chi connectivity index (χ3v) is 6.01. The molecule has 0 bridgehead atoms. The van der Waals surface area contributed by atoms with Crippen LogP contribution >= 0.6 is 39.7 Å². The van der Waals surface area contributed by atoms with Crippen molar-refractivity contribution in [2.45, 2.75) is 52.7 Å². The number of phenolic OH excluding ortho intramolecular Hbond substituents is 1. The molecule has 0 aliphatic rings. The summed E-state index contributed by atoms with van der Waals surface area (Å²) >= 11 is 1.93. The zero-order valence-electron chi connectivity index (χ0n) is 21.8. The summed E-state index contributed by atoms with van der Waals surface area (Å²) < 4.78 is 42.8. The molecule has 0 aliphatic carbocycles. The predicted octanol–water partition coefficient (Wildman–Crippen LogP) is 7.40. The number of nitrogens with one attached hydrogen (secondary N) is 1. The minimum absolute atomic E-state index is 0. The maximum atomic E-state index is 14.1. The van der Waals surface area contributed by atoms with E-state index in [2.05, 4.69) is 15.3 Å². The summed E-state index contributed by atoms with van der Waals surface area (Å²) in [5, 5.41) is 12.0. The van der Waals surface area contributed by atoms with Gasteiger partial charge in [0.25, 0.3) is 0 Å². The van der Waals surface area contributed by atoms with Gasteiger partial charge >= 0.3 is 12.2 Å². The number of thiazole rings is 2. The Morgan fingerprint density at radius 1 is 0.897 bits per heavy atom. The number of nitrogens with two attached hydrogens (primary N) is 1. The number of amides is 1. The molecular formula is C24H27BrF2N4O6S2. The van der Waals surface area contributed by atoms with Crippen molar-refractivity contribution < 1.29 is 37.7 Å². The molecule has 0 atom stereocenters. The first-order valence-electron chi connectivity index (χ1n) is 11.1. The molecule has 0 spiro atoms. The summed E-state index contributed by atoms with van der Waals surface area (Å²) in [4.78, 5) is 31.6. The fourth-order valence-electron chi connectivity index (χ4n) is 2.82. The van der Waals surface area contributed by atoms with Gasteiger partial charge in [0, 0.05) is 0 Å². The highest BCUT2D eigenvalue weighted by molar-refractivity contribution is 8.93. The van der Waals surface area contributed by atoms with E-state index in [4.69, 9.17) is 19.9 Å². The lowest BCUT2D eigenvalue weighted by Gasteiger charge is -2.19. The molecule has 0 fully saturated rings. The van der Waals surface area contributed by atoms with Crippen LogP contribution in [0.25, 0.3) is 20.4 Å². The van der Waals surface area contributed by atoms with Crippen LogP contribution in [0.4, 0.5) is 28.6 Å². The predicted molar refractivity (Wildman–Crippen MR) is 152 cm³/mol. The van der Waals surface area contributed by atoms with Crippen LogP contribution in [0.3, 0.4) is 0 Å². The van der Waals surface area contributed by atoms with Gasteiger partial charge in [0.15, 0.2) is 16.0 Å². The van der Waals surface area contributed by atoms with Crippen LogP contribution in [0.1, 0.15) is 41.5 Å². The molecular weight excluding hydrogens is 622 g/mol. The normalized spacial score (nSPS) is 11.3. The Bertz CT molecular complexity index is 1460. The zero-order valence-corrected chi connectivity index (χ0v) is 25.1. The average molecular weight is 650 g/mol. The van der Waals surface area contributed by atoms with Gasteiger partial charge < -0.3 is 25.1 Å². The third kappa shape index (κ3) is 8.86. The van der Waals surface area contributed by atoms with Crippen LogP contribution in [0.2, 0.25) is 0 Å². The number of halogens is 3. The number of anilines is 2. The number of benzene rings is 2. The Balaban J connectivity index is 0.000000341. The number of hydrogen-bond donors (Lipinski definition) is 3. The SMILES string of the molecule is Br.CC(C)(C)OC(=O)Nc1nc2c(OC(=O)OC(C)(C)C)ccc(F)c2s1.Nc1nc2c(O)ccc(F)c2s1. The van der Waals surface area contributed by atoms with Gasteiger partial charge in [-0.15, -0.1) is 17.0 Å². The number of nitrogen functional groups attached to an aromatic ring is 1. The van der Waals surface area contributed by atoms with Crippen LogP contribution in [0.5, 0.6) is 11.5 Å². The number of ether oxygens (including phenoxy) is 3. The Morgan fingerprint density at radius 2 is 1.46 bits per heavy atom. The zero-order chi connectivity index (χ0) is 28.4. The van der Waals surface area contributed by atoms with Crippen molar-refractivity contribution in [1.82, 2.24) is 9.97 Å². The Kier molecular flexibility index (Phi) is 10.0. The van der Waals surface area contributed by atoms with Crippen LogP contribution in [0, 0.1) is 11.6 Å². The van der Waals surface area contributed by atoms with Gasteiger partial charge in [-0.1, -0.05) is 22.7 Å². The largest absolute Gasteiger partial charge is 0.514 e. The van der Waals surface area contributed by atoms with Gasteiger partial charge in [-0.2, -0.15) is 0 Å². The monoisotopic (exact) mass is 648 g/mol. The van der Waals surface area contributed by atoms with E-state index in [1.165, 1.54) is 18.2 Å². The van der Waals surface area contributed by atoms with Gasteiger partial charge in [-0.3, -0.25) is 5.32 Å². The highest BCUT2D eigenvalue weighted by Gasteiger charge is 2.22. The van der Waals surface area contributed by atoms with Crippen LogP contribution < -0.4 is 15.8 Å². The minimum Gasteiger partial charge on any atom is -0.506 e. The fraction of sp³-hybridized carbons (Fsp3) is 0.333. The van der Waals surface area contributed by atoms with Crippen molar-refractivity contribution in [2.24, 2.45) is 0 Å². The summed E-state index contributed by atoms with van der Waals surface area (Å²) in [6.07, 6.45) is -1.65. The highest BCUT2D eigenvalue weighted by Crippen LogP contribution is 2.35. The van der Waals surface area contributed by atoms with Gasteiger partial charge in [0.1, 0.15) is 39.6 Å². The van der Waals surface area contributed by atoms with Crippen molar-refractivity contribution in [1.29, 1.82) is 0 Å². The van der Waals surface area contributed by atoms with Gasteiger partial charge in [0.05, 0.1) is 9.40 Å². The number of nitrogens with zero attached hydrogens (tertiary/aromatic N) is 2. The van der Waals surface area contributed by atoms with E-state index in [9.17, 15) is 23.5 Å². The van der Waals surface area contributed by atoms with Crippen LogP contribution in [-0.2, 0) is 9.47 Å². The highest BCUT2D eigenvalue weighted by atomic mass is 79.9. The van der Waals surface area contributed by atoms with Gasteiger partial charge in [-0.25, -0.2) is 28.3 Å². The molecule has 10 nitrogen and oxygen atoms in total. The second kappa shape index (κ2) is 12.3. The van der Waals surface area contributed by atoms with Crippen LogP contribution in [-0.4, -0.2) is 38.5 Å². The van der Waals surface area contributed by atoms with E-state index in [0.717, 1.165) is 28.7 Å². The van der Waals surface area contributed by atoms with E-state index < -0.39 is 35.1 Å². The summed E-state index contributed by atoms with van der Waals surface area (Å²) in [5.74, 6) is -0.966. The molecule has 2 aromatic carbocycles. The number of hydrogen-bond acceptors (Lipinski definition) is 11.